The van der Waals surface area contributed by atoms with Crippen molar-refractivity contribution >= 4 is 17.7 Å². The highest BCUT2D eigenvalue weighted by atomic mass is 19.1. The van der Waals surface area contributed by atoms with Crippen LogP contribution in [-0.4, -0.2) is 16.1 Å². The Labute approximate surface area is 114 Å². The number of anilines is 1. The van der Waals surface area contributed by atoms with Gasteiger partial charge in [0.15, 0.2) is 0 Å². The minimum absolute atomic E-state index is 0.0163. The molecule has 0 spiro atoms. The molecule has 0 saturated carbocycles. The highest BCUT2D eigenvalue weighted by Crippen LogP contribution is 2.21. The maximum absolute atomic E-state index is 13.3. The van der Waals surface area contributed by atoms with Crippen molar-refractivity contribution in [1.82, 2.24) is 4.98 Å². The average molecular weight is 274 g/mol. The van der Waals surface area contributed by atoms with Crippen LogP contribution in [0.3, 0.4) is 0 Å². The van der Waals surface area contributed by atoms with E-state index in [-0.39, 0.29) is 17.1 Å². The first-order valence-electron chi connectivity index (χ1n) is 5.73. The van der Waals surface area contributed by atoms with Crippen molar-refractivity contribution in [2.24, 2.45) is 5.10 Å². The van der Waals surface area contributed by atoms with Crippen LogP contribution >= 0.6 is 0 Å². The monoisotopic (exact) mass is 274 g/mol. The molecule has 1 aromatic heterocycles. The van der Waals surface area contributed by atoms with Crippen LogP contribution in [0.5, 0.6) is 0 Å². The van der Waals surface area contributed by atoms with Crippen molar-refractivity contribution in [2.75, 3.05) is 5.43 Å². The van der Waals surface area contributed by atoms with Gasteiger partial charge in [-0.05, 0) is 19.1 Å². The van der Waals surface area contributed by atoms with Crippen LogP contribution in [-0.2, 0) is 0 Å². The summed E-state index contributed by atoms with van der Waals surface area (Å²) in [6, 6.07) is 8.94. The fourth-order valence-corrected chi connectivity index (χ4v) is 1.52. The number of nitrogens with zero attached hydrogens (tertiary/aromatic N) is 3. The fraction of sp³-hybridized carbons (Fsp3) is 0.0769. The van der Waals surface area contributed by atoms with Gasteiger partial charge in [-0.15, -0.1) is 0 Å². The van der Waals surface area contributed by atoms with Crippen LogP contribution in [0.25, 0.3) is 0 Å². The summed E-state index contributed by atoms with van der Waals surface area (Å²) in [5.74, 6) is -0.410. The molecule has 0 unspecified atom stereocenters. The van der Waals surface area contributed by atoms with Crippen molar-refractivity contribution in [1.29, 1.82) is 0 Å². The molecular formula is C13H11FN4O2. The number of aryl methyl sites for hydroxylation is 1. The Hall–Kier alpha value is -2.83. The number of hydrazone groups is 1. The lowest BCUT2D eigenvalue weighted by atomic mass is 10.2. The van der Waals surface area contributed by atoms with E-state index in [2.05, 4.69) is 15.5 Å². The molecule has 2 rings (SSSR count). The Bertz CT molecular complexity index is 673. The zero-order valence-corrected chi connectivity index (χ0v) is 10.6. The number of hydrogen-bond acceptors (Lipinski definition) is 5. The van der Waals surface area contributed by atoms with E-state index in [1.807, 2.05) is 0 Å². The van der Waals surface area contributed by atoms with Crippen LogP contribution in [0.15, 0.2) is 41.5 Å². The Morgan fingerprint density at radius 3 is 2.80 bits per heavy atom. The Kier molecular flexibility index (Phi) is 3.99. The van der Waals surface area contributed by atoms with E-state index in [9.17, 15) is 14.5 Å². The van der Waals surface area contributed by atoms with Crippen molar-refractivity contribution in [3.05, 3.63) is 63.6 Å². The summed E-state index contributed by atoms with van der Waals surface area (Å²) in [5, 5.41) is 14.6. The Balaban J connectivity index is 2.21. The highest BCUT2D eigenvalue weighted by Gasteiger charge is 2.14. The van der Waals surface area contributed by atoms with Crippen molar-refractivity contribution in [3.63, 3.8) is 0 Å². The predicted molar refractivity (Wildman–Crippen MR) is 73.2 cm³/mol. The molecule has 1 heterocycles. The van der Waals surface area contributed by atoms with Gasteiger partial charge in [-0.25, -0.2) is 9.37 Å². The molecule has 102 valence electrons. The number of nitrogens with one attached hydrogen (secondary N) is 1. The molecule has 6 nitrogen and oxygen atoms in total. The number of hydrogen-bond donors (Lipinski definition) is 1. The number of aromatic nitrogens is 1. The Morgan fingerprint density at radius 1 is 1.35 bits per heavy atom. The van der Waals surface area contributed by atoms with E-state index in [1.54, 1.807) is 25.1 Å². The molecular weight excluding hydrogens is 263 g/mol. The maximum atomic E-state index is 13.3. The van der Waals surface area contributed by atoms with Crippen LogP contribution in [0.1, 0.15) is 11.3 Å². The molecule has 7 heteroatoms. The van der Waals surface area contributed by atoms with Gasteiger partial charge in [-0.3, -0.25) is 15.5 Å². The number of nitro groups is 1. The summed E-state index contributed by atoms with van der Waals surface area (Å²) in [4.78, 5) is 14.3. The second-order valence-electron chi connectivity index (χ2n) is 3.97. The molecule has 0 amide bonds. The standard InChI is InChI=1S/C13H11FN4O2/c1-9-6-7-12(18(19)20)13(16-9)17-15-8-10-4-2-3-5-11(10)14/h2-8H,1H3,(H,16,17)/b15-8-. The molecule has 0 saturated heterocycles. The van der Waals surface area contributed by atoms with Gasteiger partial charge in [0, 0.05) is 17.3 Å². The lowest BCUT2D eigenvalue weighted by Crippen LogP contribution is -2.01. The van der Waals surface area contributed by atoms with E-state index in [0.717, 1.165) is 0 Å². The van der Waals surface area contributed by atoms with Gasteiger partial charge in [-0.1, -0.05) is 18.2 Å². The van der Waals surface area contributed by atoms with Gasteiger partial charge < -0.3 is 0 Å². The third-order valence-electron chi connectivity index (χ3n) is 2.49. The lowest BCUT2D eigenvalue weighted by molar-refractivity contribution is -0.384. The fourth-order valence-electron chi connectivity index (χ4n) is 1.52. The molecule has 20 heavy (non-hydrogen) atoms. The van der Waals surface area contributed by atoms with Crippen molar-refractivity contribution in [2.45, 2.75) is 6.92 Å². The minimum Gasteiger partial charge on any atom is -0.258 e. The summed E-state index contributed by atoms with van der Waals surface area (Å²) >= 11 is 0. The third-order valence-corrected chi connectivity index (χ3v) is 2.49. The van der Waals surface area contributed by atoms with Crippen molar-refractivity contribution < 1.29 is 9.31 Å². The first kappa shape index (κ1) is 13.6. The molecule has 0 aliphatic heterocycles. The summed E-state index contributed by atoms with van der Waals surface area (Å²) in [6.45, 7) is 1.70. The minimum atomic E-state index is -0.562. The van der Waals surface area contributed by atoms with Crippen LogP contribution < -0.4 is 5.43 Å². The second-order valence-corrected chi connectivity index (χ2v) is 3.97. The van der Waals surface area contributed by atoms with Gasteiger partial charge in [0.05, 0.1) is 11.1 Å². The molecule has 0 aliphatic rings. The first-order valence-corrected chi connectivity index (χ1v) is 5.73. The van der Waals surface area contributed by atoms with Crippen LogP contribution in [0.4, 0.5) is 15.9 Å². The number of halogens is 1. The highest BCUT2D eigenvalue weighted by molar-refractivity contribution is 5.80. The smallest absolute Gasteiger partial charge is 0.258 e. The van der Waals surface area contributed by atoms with Gasteiger partial charge in [-0.2, -0.15) is 5.10 Å². The third kappa shape index (κ3) is 3.14. The normalized spacial score (nSPS) is 10.7. The van der Waals surface area contributed by atoms with Gasteiger partial charge in [0.25, 0.3) is 0 Å². The molecule has 1 aromatic carbocycles. The number of benzene rings is 1. The number of pyridine rings is 1. The SMILES string of the molecule is Cc1ccc([N+](=O)[O-])c(N/N=C\c2ccccc2F)n1. The van der Waals surface area contributed by atoms with E-state index in [0.29, 0.717) is 5.69 Å². The molecule has 1 N–H and O–H groups in total. The van der Waals surface area contributed by atoms with E-state index in [4.69, 9.17) is 0 Å². The molecule has 0 fully saturated rings. The van der Waals surface area contributed by atoms with Gasteiger partial charge in [0.2, 0.25) is 5.82 Å². The summed E-state index contributed by atoms with van der Waals surface area (Å²) < 4.78 is 13.3. The quantitative estimate of drug-likeness (QED) is 0.528. The summed E-state index contributed by atoms with van der Waals surface area (Å²) in [5.41, 5.74) is 3.15. The number of rotatable bonds is 4. The summed E-state index contributed by atoms with van der Waals surface area (Å²) in [7, 11) is 0. The van der Waals surface area contributed by atoms with Crippen molar-refractivity contribution in [3.8, 4) is 0 Å². The Morgan fingerprint density at radius 2 is 2.10 bits per heavy atom. The zero-order chi connectivity index (χ0) is 14.5. The largest absolute Gasteiger partial charge is 0.313 e. The molecule has 2 aromatic rings. The molecule has 0 atom stereocenters. The summed E-state index contributed by atoms with van der Waals surface area (Å²) in [6.07, 6.45) is 1.24. The average Bonchev–Trinajstić information content (AvgIpc) is 2.41. The predicted octanol–water partition coefficient (Wildman–Crippen LogP) is 2.88. The van der Waals surface area contributed by atoms with Gasteiger partial charge in [0.1, 0.15) is 5.82 Å². The van der Waals surface area contributed by atoms with E-state index < -0.39 is 10.7 Å². The molecule has 0 bridgehead atoms. The lowest BCUT2D eigenvalue weighted by Gasteiger charge is -2.02. The van der Waals surface area contributed by atoms with E-state index >= 15 is 0 Å². The van der Waals surface area contributed by atoms with E-state index in [1.165, 1.54) is 24.4 Å². The molecule has 0 aliphatic carbocycles. The second kappa shape index (κ2) is 5.87. The van der Waals surface area contributed by atoms with Crippen LogP contribution in [0.2, 0.25) is 0 Å². The molecule has 0 radical (unpaired) electrons. The van der Waals surface area contributed by atoms with Crippen LogP contribution in [0, 0.1) is 22.9 Å². The maximum Gasteiger partial charge on any atom is 0.313 e. The topological polar surface area (TPSA) is 80.4 Å². The van der Waals surface area contributed by atoms with Gasteiger partial charge >= 0.3 is 5.69 Å². The zero-order valence-electron chi connectivity index (χ0n) is 10.6. The first-order chi connectivity index (χ1) is 9.58.